The molecule has 0 heterocycles. The minimum Gasteiger partial charge on any atom is -0.318 e. The third-order valence-electron chi connectivity index (χ3n) is 7.48. The van der Waals surface area contributed by atoms with Crippen LogP contribution < -0.4 is 4.90 Å². The van der Waals surface area contributed by atoms with Gasteiger partial charge in [0.15, 0.2) is 5.78 Å². The van der Waals surface area contributed by atoms with Gasteiger partial charge < -0.3 is 9.74 Å². The second kappa shape index (κ2) is 15.6. The summed E-state index contributed by atoms with van der Waals surface area (Å²) in [6, 6.07) is 33.8. The Balaban J connectivity index is 1.33. The molecule has 5 nitrogen and oxygen atoms in total. The van der Waals surface area contributed by atoms with E-state index < -0.39 is 5.97 Å². The second-order valence-corrected chi connectivity index (χ2v) is 12.4. The Morgan fingerprint density at radius 1 is 0.911 bits per heavy atom. The summed E-state index contributed by atoms with van der Waals surface area (Å²) in [5.74, 6) is 0.369. The van der Waals surface area contributed by atoms with Gasteiger partial charge in [-0.2, -0.15) is 0 Å². The molecule has 0 fully saturated rings. The molecule has 0 saturated heterocycles. The first-order chi connectivity index (χ1) is 21.9. The first kappa shape index (κ1) is 32.0. The van der Waals surface area contributed by atoms with Gasteiger partial charge in [0.05, 0.1) is 5.71 Å². The van der Waals surface area contributed by atoms with Crippen molar-refractivity contribution in [1.82, 2.24) is 0 Å². The van der Waals surface area contributed by atoms with E-state index in [1.165, 1.54) is 6.92 Å². The van der Waals surface area contributed by atoms with Crippen molar-refractivity contribution in [3.63, 3.8) is 0 Å². The zero-order chi connectivity index (χ0) is 31.6. The number of Topliss-reactive ketones (excluding diaryl/α,β-unsaturated/α-hetero) is 1. The van der Waals surface area contributed by atoms with Gasteiger partial charge in [-0.1, -0.05) is 83.5 Å². The topological polar surface area (TPSA) is 59.0 Å². The predicted octanol–water partition coefficient (Wildman–Crippen LogP) is 9.97. The van der Waals surface area contributed by atoms with E-state index >= 15 is 0 Å². The molecule has 0 bridgehead atoms. The van der Waals surface area contributed by atoms with Crippen LogP contribution >= 0.6 is 23.4 Å². The molecular weight excluding hydrogens is 600 g/mol. The summed E-state index contributed by atoms with van der Waals surface area (Å²) in [5, 5.41) is 4.92. The minimum absolute atomic E-state index is 0.140. The van der Waals surface area contributed by atoms with Gasteiger partial charge in [0.25, 0.3) is 0 Å². The van der Waals surface area contributed by atoms with Crippen molar-refractivity contribution < 1.29 is 14.4 Å². The molecule has 1 atom stereocenters. The molecular formula is C38H35ClN2O3S. The monoisotopic (exact) mass is 634 g/mol. The number of hydrogen-bond donors (Lipinski definition) is 0. The van der Waals surface area contributed by atoms with Crippen LogP contribution in [-0.2, 0) is 9.63 Å². The van der Waals surface area contributed by atoms with Crippen LogP contribution in [0.25, 0.3) is 0 Å². The number of allylic oxidation sites excluding steroid dienone is 3. The molecule has 5 rings (SSSR count). The van der Waals surface area contributed by atoms with Crippen LogP contribution in [0.5, 0.6) is 0 Å². The fraction of sp³-hybridized carbons (Fsp3) is 0.184. The number of benzene rings is 4. The summed E-state index contributed by atoms with van der Waals surface area (Å²) in [5.41, 5.74) is 6.35. The maximum atomic E-state index is 13.3. The van der Waals surface area contributed by atoms with E-state index in [4.69, 9.17) is 16.4 Å². The van der Waals surface area contributed by atoms with E-state index in [9.17, 15) is 9.59 Å². The van der Waals surface area contributed by atoms with Gasteiger partial charge >= 0.3 is 5.97 Å². The number of ketones is 1. The Morgan fingerprint density at radius 3 is 2.27 bits per heavy atom. The molecule has 0 radical (unpaired) electrons. The average molecular weight is 635 g/mol. The van der Waals surface area contributed by atoms with E-state index in [2.05, 4.69) is 28.3 Å². The molecule has 0 N–H and O–H groups in total. The van der Waals surface area contributed by atoms with Crippen LogP contribution in [0.3, 0.4) is 0 Å². The second-order valence-electron chi connectivity index (χ2n) is 10.8. The van der Waals surface area contributed by atoms with Crippen molar-refractivity contribution in [2.45, 2.75) is 38.0 Å². The number of anilines is 2. The van der Waals surface area contributed by atoms with Crippen molar-refractivity contribution in [1.29, 1.82) is 0 Å². The standard InChI is InChI=1S/C38H35ClN2O3S/c1-27-9-6-7-12-36(27)38(43)30-16-22-34(23-17-30)41(32-10-4-3-5-11-32)33-20-14-29(15-21-33)37(40-44-28(2)42)13-8-26-45-35-24-18-31(39)19-25-35/h3-7,9-12,14-16,18-25,30H,8,13,17,26H2,1-2H3/b40-37+. The summed E-state index contributed by atoms with van der Waals surface area (Å²) < 4.78 is 0. The fourth-order valence-electron chi connectivity index (χ4n) is 5.17. The molecule has 1 aliphatic carbocycles. The number of halogens is 1. The summed E-state index contributed by atoms with van der Waals surface area (Å²) in [6.07, 6.45) is 8.31. The highest BCUT2D eigenvalue weighted by atomic mass is 35.5. The van der Waals surface area contributed by atoms with Gasteiger partial charge in [0, 0.05) is 45.4 Å². The lowest BCUT2D eigenvalue weighted by Crippen LogP contribution is -2.20. The van der Waals surface area contributed by atoms with Crippen molar-refractivity contribution in [3.05, 3.63) is 149 Å². The molecule has 0 saturated carbocycles. The number of carbonyl (C=O) groups excluding carboxylic acids is 2. The first-order valence-electron chi connectivity index (χ1n) is 15.0. The lowest BCUT2D eigenvalue weighted by molar-refractivity contribution is -0.140. The van der Waals surface area contributed by atoms with Gasteiger partial charge in [0.2, 0.25) is 0 Å². The number of rotatable bonds is 12. The molecule has 228 valence electrons. The third kappa shape index (κ3) is 8.62. The Morgan fingerprint density at radius 2 is 1.60 bits per heavy atom. The summed E-state index contributed by atoms with van der Waals surface area (Å²) in [7, 11) is 0. The van der Waals surface area contributed by atoms with Gasteiger partial charge in [-0.15, -0.1) is 11.8 Å². The summed E-state index contributed by atoms with van der Waals surface area (Å²) in [6.45, 7) is 3.33. The number of oxime groups is 1. The molecule has 0 spiro atoms. The van der Waals surface area contributed by atoms with E-state index in [-0.39, 0.29) is 11.7 Å². The van der Waals surface area contributed by atoms with E-state index in [0.29, 0.717) is 18.6 Å². The highest BCUT2D eigenvalue weighted by Crippen LogP contribution is 2.34. The predicted molar refractivity (Wildman–Crippen MR) is 186 cm³/mol. The number of aryl methyl sites for hydroxylation is 1. The summed E-state index contributed by atoms with van der Waals surface area (Å²) >= 11 is 7.76. The number of carbonyl (C=O) groups is 2. The van der Waals surface area contributed by atoms with Gasteiger partial charge in [-0.25, -0.2) is 4.79 Å². The van der Waals surface area contributed by atoms with Crippen molar-refractivity contribution >= 4 is 52.2 Å². The molecule has 45 heavy (non-hydrogen) atoms. The van der Waals surface area contributed by atoms with Crippen molar-refractivity contribution in [2.75, 3.05) is 10.7 Å². The average Bonchev–Trinajstić information content (AvgIpc) is 3.06. The lowest BCUT2D eigenvalue weighted by Gasteiger charge is -2.29. The lowest BCUT2D eigenvalue weighted by atomic mass is 9.89. The molecule has 0 aromatic heterocycles. The zero-order valence-electron chi connectivity index (χ0n) is 25.4. The molecule has 0 aliphatic heterocycles. The number of thioether (sulfide) groups is 1. The highest BCUT2D eigenvalue weighted by molar-refractivity contribution is 7.99. The van der Waals surface area contributed by atoms with Crippen LogP contribution in [-0.4, -0.2) is 23.2 Å². The molecule has 4 aromatic carbocycles. The quantitative estimate of drug-likeness (QED) is 0.0388. The van der Waals surface area contributed by atoms with Crippen molar-refractivity contribution in [3.8, 4) is 0 Å². The van der Waals surface area contributed by atoms with E-state index in [1.807, 2.05) is 110 Å². The molecule has 0 amide bonds. The number of hydrogen-bond acceptors (Lipinski definition) is 6. The van der Waals surface area contributed by atoms with Gasteiger partial charge in [-0.05, 0) is 97.7 Å². The van der Waals surface area contributed by atoms with Crippen LogP contribution in [0.1, 0.15) is 47.7 Å². The van der Waals surface area contributed by atoms with Crippen LogP contribution in [0, 0.1) is 12.8 Å². The smallest absolute Gasteiger partial charge is 0.318 e. The van der Waals surface area contributed by atoms with E-state index in [1.54, 1.807) is 11.8 Å². The Hall–Kier alpha value is -4.39. The largest absolute Gasteiger partial charge is 0.331 e. The first-order valence-corrected chi connectivity index (χ1v) is 16.3. The number of nitrogens with zero attached hydrogens (tertiary/aromatic N) is 2. The zero-order valence-corrected chi connectivity index (χ0v) is 26.9. The van der Waals surface area contributed by atoms with Crippen molar-refractivity contribution in [2.24, 2.45) is 11.1 Å². The molecule has 4 aromatic rings. The van der Waals surface area contributed by atoms with E-state index in [0.717, 1.165) is 55.9 Å². The Bertz CT molecular complexity index is 1710. The Labute approximate surface area is 274 Å². The fourth-order valence-corrected chi connectivity index (χ4v) is 6.15. The number of para-hydroxylation sites is 1. The minimum atomic E-state index is -0.454. The van der Waals surface area contributed by atoms with Crippen LogP contribution in [0.15, 0.2) is 137 Å². The van der Waals surface area contributed by atoms with Gasteiger partial charge in [-0.3, -0.25) is 4.79 Å². The maximum Gasteiger partial charge on any atom is 0.331 e. The van der Waals surface area contributed by atoms with Crippen LogP contribution in [0.2, 0.25) is 5.02 Å². The molecule has 1 aliphatic rings. The third-order valence-corrected chi connectivity index (χ3v) is 8.83. The Kier molecular flexibility index (Phi) is 11.1. The molecule has 7 heteroatoms. The normalized spacial score (nSPS) is 14.5. The SMILES string of the molecule is CC(=O)O/N=C(\CCCSc1ccc(Cl)cc1)c1ccc(N(C2=CCC(C(=O)c3ccccc3C)C=C2)c2ccccc2)cc1. The van der Waals surface area contributed by atoms with Crippen LogP contribution in [0.4, 0.5) is 11.4 Å². The highest BCUT2D eigenvalue weighted by Gasteiger charge is 2.23. The summed E-state index contributed by atoms with van der Waals surface area (Å²) in [4.78, 5) is 33.2. The maximum absolute atomic E-state index is 13.3. The molecule has 1 unspecified atom stereocenters. The van der Waals surface area contributed by atoms with Gasteiger partial charge in [0.1, 0.15) is 0 Å².